The van der Waals surface area contributed by atoms with E-state index < -0.39 is 17.8 Å². The third-order valence-electron chi connectivity index (χ3n) is 1.76. The molecule has 0 saturated carbocycles. The van der Waals surface area contributed by atoms with Gasteiger partial charge in [-0.3, -0.25) is 9.59 Å². The second-order valence-corrected chi connectivity index (χ2v) is 3.08. The van der Waals surface area contributed by atoms with E-state index in [0.717, 1.165) is 13.8 Å². The summed E-state index contributed by atoms with van der Waals surface area (Å²) in [5.41, 5.74) is 0.273. The van der Waals surface area contributed by atoms with E-state index in [4.69, 9.17) is 0 Å². The van der Waals surface area contributed by atoms with Crippen molar-refractivity contribution < 1.29 is 19.2 Å². The Bertz CT molecular complexity index is 400. The molecule has 18 heavy (non-hydrogen) atoms. The third kappa shape index (κ3) is 4.78. The molecule has 0 saturated heterocycles. The molecule has 0 spiro atoms. The van der Waals surface area contributed by atoms with Gasteiger partial charge in [0.1, 0.15) is 0 Å². The van der Waals surface area contributed by atoms with Gasteiger partial charge in [-0.2, -0.15) is 0 Å². The summed E-state index contributed by atoms with van der Waals surface area (Å²) in [7, 11) is 0. The van der Waals surface area contributed by atoms with Crippen LogP contribution in [0.2, 0.25) is 0 Å². The van der Waals surface area contributed by atoms with E-state index in [1.54, 1.807) is 18.2 Å². The van der Waals surface area contributed by atoms with Crippen molar-refractivity contribution in [3.8, 4) is 0 Å². The molecule has 0 atom stereocenters. The van der Waals surface area contributed by atoms with E-state index in [9.17, 15) is 14.4 Å². The SMILES string of the molecule is CC.CC(=O)N(OC(=O)c1ccccc1)C(C)=O. The highest BCUT2D eigenvalue weighted by Gasteiger charge is 2.20. The highest BCUT2D eigenvalue weighted by Crippen LogP contribution is 2.04. The largest absolute Gasteiger partial charge is 0.363 e. The van der Waals surface area contributed by atoms with Crippen LogP contribution in [-0.4, -0.2) is 22.8 Å². The second kappa shape index (κ2) is 8.00. The number of nitrogens with zero attached hydrogens (tertiary/aromatic N) is 1. The Labute approximate surface area is 106 Å². The van der Waals surface area contributed by atoms with Gasteiger partial charge in [-0.15, -0.1) is 5.06 Å². The van der Waals surface area contributed by atoms with E-state index in [1.807, 2.05) is 13.8 Å². The van der Waals surface area contributed by atoms with Gasteiger partial charge < -0.3 is 4.84 Å². The number of carbonyl (C=O) groups excluding carboxylic acids is 3. The summed E-state index contributed by atoms with van der Waals surface area (Å²) in [5.74, 6) is -2.03. The van der Waals surface area contributed by atoms with Crippen LogP contribution >= 0.6 is 0 Å². The first kappa shape index (κ1) is 15.8. The van der Waals surface area contributed by atoms with Crippen molar-refractivity contribution in [1.29, 1.82) is 0 Å². The fraction of sp³-hybridized carbons (Fsp3) is 0.308. The summed E-state index contributed by atoms with van der Waals surface area (Å²) in [4.78, 5) is 38.1. The molecule has 0 radical (unpaired) electrons. The Balaban J connectivity index is 0.00000137. The maximum absolute atomic E-state index is 11.5. The van der Waals surface area contributed by atoms with Gasteiger partial charge in [0.2, 0.25) is 0 Å². The van der Waals surface area contributed by atoms with Gasteiger partial charge in [-0.1, -0.05) is 32.0 Å². The number of hydroxylamine groups is 2. The fourth-order valence-electron chi connectivity index (χ4n) is 1.06. The van der Waals surface area contributed by atoms with Gasteiger partial charge in [0.05, 0.1) is 5.56 Å². The van der Waals surface area contributed by atoms with Crippen LogP contribution in [0, 0.1) is 0 Å². The molecule has 1 rings (SSSR count). The summed E-state index contributed by atoms with van der Waals surface area (Å²) < 4.78 is 0. The molecule has 1 aromatic rings. The normalized spacial score (nSPS) is 8.67. The molecular weight excluding hydrogens is 234 g/mol. The monoisotopic (exact) mass is 251 g/mol. The molecule has 2 amide bonds. The first-order valence-electron chi connectivity index (χ1n) is 5.61. The molecule has 0 aliphatic carbocycles. The van der Waals surface area contributed by atoms with Crippen LogP contribution in [0.1, 0.15) is 38.1 Å². The van der Waals surface area contributed by atoms with Crippen LogP contribution in [-0.2, 0) is 14.4 Å². The zero-order valence-electron chi connectivity index (χ0n) is 11.0. The summed E-state index contributed by atoms with van der Waals surface area (Å²) in [6.45, 7) is 6.28. The van der Waals surface area contributed by atoms with E-state index >= 15 is 0 Å². The lowest BCUT2D eigenvalue weighted by Gasteiger charge is -2.15. The molecule has 5 nitrogen and oxygen atoms in total. The lowest BCUT2D eigenvalue weighted by molar-refractivity contribution is -0.177. The maximum Gasteiger partial charge on any atom is 0.363 e. The van der Waals surface area contributed by atoms with Crippen molar-refractivity contribution >= 4 is 17.8 Å². The lowest BCUT2D eigenvalue weighted by atomic mass is 10.2. The molecule has 0 N–H and O–H groups in total. The van der Waals surface area contributed by atoms with Crippen LogP contribution in [0.5, 0.6) is 0 Å². The number of benzene rings is 1. The van der Waals surface area contributed by atoms with Crippen LogP contribution in [0.3, 0.4) is 0 Å². The number of rotatable bonds is 1. The van der Waals surface area contributed by atoms with Gasteiger partial charge in [-0.05, 0) is 12.1 Å². The van der Waals surface area contributed by atoms with Crippen molar-refractivity contribution in [1.82, 2.24) is 5.06 Å². The maximum atomic E-state index is 11.5. The quantitative estimate of drug-likeness (QED) is 0.718. The number of hydrogen-bond donors (Lipinski definition) is 0. The Kier molecular flexibility index (Phi) is 7.04. The average molecular weight is 251 g/mol. The summed E-state index contributed by atoms with van der Waals surface area (Å²) in [5, 5.41) is 0.426. The highest BCUT2D eigenvalue weighted by molar-refractivity contribution is 5.96. The van der Waals surface area contributed by atoms with Crippen molar-refractivity contribution in [3.05, 3.63) is 35.9 Å². The standard InChI is InChI=1S/C11H11NO4.C2H6/c1-8(13)12(9(2)14)16-11(15)10-6-4-3-5-7-10;1-2/h3-7H,1-2H3;1-2H3. The molecule has 0 unspecified atom stereocenters. The van der Waals surface area contributed by atoms with Crippen LogP contribution in [0.15, 0.2) is 30.3 Å². The number of hydrogen-bond acceptors (Lipinski definition) is 4. The fourth-order valence-corrected chi connectivity index (χ4v) is 1.06. The molecule has 0 bridgehead atoms. The van der Waals surface area contributed by atoms with Crippen molar-refractivity contribution in [2.45, 2.75) is 27.7 Å². The molecule has 98 valence electrons. The molecule has 1 aromatic carbocycles. The predicted octanol–water partition coefficient (Wildman–Crippen LogP) is 2.18. The molecule has 0 heterocycles. The van der Waals surface area contributed by atoms with E-state index in [-0.39, 0.29) is 5.56 Å². The minimum Gasteiger partial charge on any atom is -0.325 e. The summed E-state index contributed by atoms with van der Waals surface area (Å²) >= 11 is 0. The molecule has 5 heteroatoms. The number of imide groups is 1. The summed E-state index contributed by atoms with van der Waals surface area (Å²) in [6, 6.07) is 8.11. The van der Waals surface area contributed by atoms with Gasteiger partial charge in [0, 0.05) is 13.8 Å². The van der Waals surface area contributed by atoms with E-state index in [1.165, 1.54) is 12.1 Å². The second-order valence-electron chi connectivity index (χ2n) is 3.08. The predicted molar refractivity (Wildman–Crippen MR) is 66.4 cm³/mol. The zero-order valence-corrected chi connectivity index (χ0v) is 11.0. The molecule has 0 fully saturated rings. The van der Waals surface area contributed by atoms with Gasteiger partial charge in [0.15, 0.2) is 0 Å². The molecular formula is C13H17NO4. The minimum atomic E-state index is -0.744. The van der Waals surface area contributed by atoms with Crippen molar-refractivity contribution in [2.24, 2.45) is 0 Å². The summed E-state index contributed by atoms with van der Waals surface area (Å²) in [6.07, 6.45) is 0. The average Bonchev–Trinajstić information content (AvgIpc) is 2.38. The molecule has 0 aliphatic heterocycles. The Hall–Kier alpha value is -2.17. The zero-order chi connectivity index (χ0) is 14.1. The Morgan fingerprint density at radius 1 is 0.944 bits per heavy atom. The molecule has 0 aliphatic rings. The minimum absolute atomic E-state index is 0.273. The Morgan fingerprint density at radius 2 is 1.39 bits per heavy atom. The van der Waals surface area contributed by atoms with Crippen LogP contribution in [0.4, 0.5) is 0 Å². The van der Waals surface area contributed by atoms with Crippen LogP contribution < -0.4 is 0 Å². The number of carbonyl (C=O) groups is 3. The number of amides is 2. The highest BCUT2D eigenvalue weighted by atomic mass is 16.7. The van der Waals surface area contributed by atoms with Crippen LogP contribution in [0.25, 0.3) is 0 Å². The van der Waals surface area contributed by atoms with E-state index in [0.29, 0.717) is 5.06 Å². The lowest BCUT2D eigenvalue weighted by Crippen LogP contribution is -2.35. The van der Waals surface area contributed by atoms with E-state index in [2.05, 4.69) is 4.84 Å². The topological polar surface area (TPSA) is 63.7 Å². The van der Waals surface area contributed by atoms with Gasteiger partial charge >= 0.3 is 5.97 Å². The van der Waals surface area contributed by atoms with Gasteiger partial charge in [0.25, 0.3) is 11.8 Å². The first-order chi connectivity index (χ1) is 8.52. The third-order valence-corrected chi connectivity index (χ3v) is 1.76. The first-order valence-corrected chi connectivity index (χ1v) is 5.61. The van der Waals surface area contributed by atoms with Crippen molar-refractivity contribution in [3.63, 3.8) is 0 Å². The van der Waals surface area contributed by atoms with Gasteiger partial charge in [-0.25, -0.2) is 4.79 Å². The smallest absolute Gasteiger partial charge is 0.325 e. The van der Waals surface area contributed by atoms with Crippen molar-refractivity contribution in [2.75, 3.05) is 0 Å². The Morgan fingerprint density at radius 3 is 1.78 bits per heavy atom. The molecule has 0 aromatic heterocycles.